The van der Waals surface area contributed by atoms with E-state index in [0.29, 0.717) is 11.7 Å². The Balaban J connectivity index is 2.33. The van der Waals surface area contributed by atoms with Crippen molar-refractivity contribution in [2.24, 2.45) is 0 Å². The van der Waals surface area contributed by atoms with Gasteiger partial charge in [0.2, 0.25) is 11.8 Å². The molecule has 2 aromatic rings. The van der Waals surface area contributed by atoms with Crippen molar-refractivity contribution in [3.8, 4) is 11.6 Å². The predicted molar refractivity (Wildman–Crippen MR) is 74.9 cm³/mol. The van der Waals surface area contributed by atoms with E-state index in [1.54, 1.807) is 13.1 Å². The van der Waals surface area contributed by atoms with Crippen LogP contribution in [0.4, 0.5) is 11.8 Å². The molecule has 18 heavy (non-hydrogen) atoms. The quantitative estimate of drug-likeness (QED) is 0.912. The molecule has 94 valence electrons. The zero-order chi connectivity index (χ0) is 13.1. The molecule has 6 heteroatoms. The summed E-state index contributed by atoms with van der Waals surface area (Å²) >= 11 is 3.40. The van der Waals surface area contributed by atoms with Gasteiger partial charge in [-0.05, 0) is 24.6 Å². The maximum atomic E-state index is 5.71. The maximum absolute atomic E-state index is 5.71. The number of aromatic nitrogens is 2. The number of halogens is 1. The molecule has 1 heterocycles. The maximum Gasteiger partial charge on any atom is 0.226 e. The number of nitrogens with two attached hydrogens (primary N) is 1. The van der Waals surface area contributed by atoms with Crippen molar-refractivity contribution >= 4 is 27.7 Å². The number of nitrogens with one attached hydrogen (secondary N) is 1. The number of ether oxygens (including phenoxy) is 1. The zero-order valence-corrected chi connectivity index (χ0v) is 11.7. The molecule has 1 aromatic heterocycles. The SMILES string of the molecule is CNc1cc(Oc2cc(Br)ccc2C)nc(N)n1. The fourth-order valence-corrected chi connectivity index (χ4v) is 1.76. The summed E-state index contributed by atoms with van der Waals surface area (Å²) in [6, 6.07) is 7.49. The van der Waals surface area contributed by atoms with Crippen molar-refractivity contribution in [1.82, 2.24) is 9.97 Å². The standard InChI is InChI=1S/C12H13BrN4O/c1-7-3-4-8(13)5-9(7)18-11-6-10(15-2)16-12(14)17-11/h3-6H,1-2H3,(H3,14,15,16,17). The van der Waals surface area contributed by atoms with E-state index in [0.717, 1.165) is 15.8 Å². The Kier molecular flexibility index (Phi) is 3.66. The molecule has 0 atom stereocenters. The van der Waals surface area contributed by atoms with Crippen LogP contribution in [0.3, 0.4) is 0 Å². The number of anilines is 2. The number of nitrogens with zero attached hydrogens (tertiary/aromatic N) is 2. The number of hydrogen-bond donors (Lipinski definition) is 2. The fraction of sp³-hybridized carbons (Fsp3) is 0.167. The lowest BCUT2D eigenvalue weighted by atomic mass is 10.2. The normalized spacial score (nSPS) is 10.2. The highest BCUT2D eigenvalue weighted by molar-refractivity contribution is 9.10. The van der Waals surface area contributed by atoms with E-state index in [4.69, 9.17) is 10.5 Å². The van der Waals surface area contributed by atoms with Gasteiger partial charge in [-0.3, -0.25) is 0 Å². The van der Waals surface area contributed by atoms with Crippen molar-refractivity contribution in [2.75, 3.05) is 18.1 Å². The van der Waals surface area contributed by atoms with E-state index in [1.165, 1.54) is 0 Å². The van der Waals surface area contributed by atoms with Gasteiger partial charge in [0, 0.05) is 17.6 Å². The van der Waals surface area contributed by atoms with Gasteiger partial charge in [0.05, 0.1) is 0 Å². The van der Waals surface area contributed by atoms with Gasteiger partial charge in [-0.2, -0.15) is 9.97 Å². The Morgan fingerprint density at radius 3 is 2.78 bits per heavy atom. The van der Waals surface area contributed by atoms with Crippen LogP contribution < -0.4 is 15.8 Å². The van der Waals surface area contributed by atoms with Crippen LogP contribution in [-0.4, -0.2) is 17.0 Å². The lowest BCUT2D eigenvalue weighted by molar-refractivity contribution is 0.459. The molecule has 0 amide bonds. The highest BCUT2D eigenvalue weighted by Crippen LogP contribution is 2.28. The van der Waals surface area contributed by atoms with Gasteiger partial charge < -0.3 is 15.8 Å². The Morgan fingerprint density at radius 2 is 2.06 bits per heavy atom. The predicted octanol–water partition coefficient (Wildman–Crippen LogP) is 2.96. The van der Waals surface area contributed by atoms with Crippen molar-refractivity contribution in [1.29, 1.82) is 0 Å². The van der Waals surface area contributed by atoms with Gasteiger partial charge in [-0.15, -0.1) is 0 Å². The van der Waals surface area contributed by atoms with Crippen molar-refractivity contribution in [3.05, 3.63) is 34.3 Å². The Bertz CT molecular complexity index is 574. The minimum absolute atomic E-state index is 0.171. The average Bonchev–Trinajstić information content (AvgIpc) is 2.33. The summed E-state index contributed by atoms with van der Waals surface area (Å²) in [6.45, 7) is 1.96. The zero-order valence-electron chi connectivity index (χ0n) is 10.1. The molecule has 0 bridgehead atoms. The molecule has 0 saturated heterocycles. The molecule has 0 aliphatic heterocycles. The van der Waals surface area contributed by atoms with Crippen LogP contribution in [0.5, 0.6) is 11.6 Å². The minimum Gasteiger partial charge on any atom is -0.438 e. The molecule has 0 spiro atoms. The Morgan fingerprint density at radius 1 is 1.28 bits per heavy atom. The fourth-order valence-electron chi connectivity index (χ4n) is 1.42. The van der Waals surface area contributed by atoms with Gasteiger partial charge >= 0.3 is 0 Å². The van der Waals surface area contributed by atoms with E-state index in [-0.39, 0.29) is 5.95 Å². The van der Waals surface area contributed by atoms with Gasteiger partial charge in [-0.1, -0.05) is 22.0 Å². The highest BCUT2D eigenvalue weighted by Gasteiger charge is 2.06. The molecule has 0 aliphatic carbocycles. The summed E-state index contributed by atoms with van der Waals surface area (Å²) in [7, 11) is 1.76. The lowest BCUT2D eigenvalue weighted by Crippen LogP contribution is -2.01. The number of benzene rings is 1. The second kappa shape index (κ2) is 5.22. The van der Waals surface area contributed by atoms with Crippen LogP contribution in [0, 0.1) is 6.92 Å². The summed E-state index contributed by atoms with van der Waals surface area (Å²) in [6.07, 6.45) is 0. The summed E-state index contributed by atoms with van der Waals surface area (Å²) in [5.41, 5.74) is 6.62. The molecular formula is C12H13BrN4O. The Labute approximate surface area is 114 Å². The van der Waals surface area contributed by atoms with Crippen LogP contribution in [0.25, 0.3) is 0 Å². The molecule has 0 fully saturated rings. The number of aryl methyl sites for hydroxylation is 1. The summed E-state index contributed by atoms with van der Waals surface area (Å²) in [5.74, 6) is 1.92. The average molecular weight is 309 g/mol. The summed E-state index contributed by atoms with van der Waals surface area (Å²) in [4.78, 5) is 8.04. The van der Waals surface area contributed by atoms with E-state index < -0.39 is 0 Å². The number of rotatable bonds is 3. The first-order valence-corrected chi connectivity index (χ1v) is 6.14. The van der Waals surface area contributed by atoms with Gasteiger partial charge in [0.1, 0.15) is 11.6 Å². The van der Waals surface area contributed by atoms with Crippen LogP contribution in [0.1, 0.15) is 5.56 Å². The van der Waals surface area contributed by atoms with Crippen LogP contribution in [-0.2, 0) is 0 Å². The second-order valence-electron chi connectivity index (χ2n) is 3.71. The van der Waals surface area contributed by atoms with E-state index in [9.17, 15) is 0 Å². The van der Waals surface area contributed by atoms with Crippen molar-refractivity contribution in [3.63, 3.8) is 0 Å². The van der Waals surface area contributed by atoms with Crippen molar-refractivity contribution in [2.45, 2.75) is 6.92 Å². The van der Waals surface area contributed by atoms with Gasteiger partial charge in [0.25, 0.3) is 0 Å². The van der Waals surface area contributed by atoms with Gasteiger partial charge in [-0.25, -0.2) is 0 Å². The van der Waals surface area contributed by atoms with Crippen LogP contribution in [0.2, 0.25) is 0 Å². The third-order valence-corrected chi connectivity index (χ3v) is 2.83. The molecular weight excluding hydrogens is 296 g/mol. The van der Waals surface area contributed by atoms with Crippen LogP contribution >= 0.6 is 15.9 Å². The molecule has 2 rings (SSSR count). The molecule has 0 aliphatic rings. The van der Waals surface area contributed by atoms with E-state index in [2.05, 4.69) is 31.2 Å². The first kappa shape index (κ1) is 12.6. The monoisotopic (exact) mass is 308 g/mol. The third-order valence-electron chi connectivity index (χ3n) is 2.34. The first-order valence-electron chi connectivity index (χ1n) is 5.35. The van der Waals surface area contributed by atoms with E-state index >= 15 is 0 Å². The smallest absolute Gasteiger partial charge is 0.226 e. The summed E-state index contributed by atoms with van der Waals surface area (Å²) < 4.78 is 6.66. The molecule has 1 aromatic carbocycles. The van der Waals surface area contributed by atoms with E-state index in [1.807, 2.05) is 25.1 Å². The highest BCUT2D eigenvalue weighted by atomic mass is 79.9. The molecule has 0 unspecified atom stereocenters. The van der Waals surface area contributed by atoms with Crippen molar-refractivity contribution < 1.29 is 4.74 Å². The Hall–Kier alpha value is -1.82. The number of nitrogen functional groups attached to an aromatic ring is 1. The molecule has 0 radical (unpaired) electrons. The molecule has 0 saturated carbocycles. The topological polar surface area (TPSA) is 73.1 Å². The van der Waals surface area contributed by atoms with Gasteiger partial charge in [0.15, 0.2) is 0 Å². The molecule has 5 nitrogen and oxygen atoms in total. The minimum atomic E-state index is 0.171. The molecule has 3 N–H and O–H groups in total. The first-order chi connectivity index (χ1) is 8.58. The number of hydrogen-bond acceptors (Lipinski definition) is 5. The van der Waals surface area contributed by atoms with Crippen LogP contribution in [0.15, 0.2) is 28.7 Å². The third kappa shape index (κ3) is 2.89. The lowest BCUT2D eigenvalue weighted by Gasteiger charge is -2.09. The largest absolute Gasteiger partial charge is 0.438 e. The summed E-state index contributed by atoms with van der Waals surface area (Å²) in [5, 5.41) is 2.90. The second-order valence-corrected chi connectivity index (χ2v) is 4.63.